The quantitative estimate of drug-likeness (QED) is 0.222. The van der Waals surface area contributed by atoms with E-state index in [0.29, 0.717) is 0 Å². The van der Waals surface area contributed by atoms with Crippen molar-refractivity contribution in [2.45, 2.75) is 20.8 Å². The van der Waals surface area contributed by atoms with Crippen LogP contribution in [0.2, 0.25) is 0 Å². The molecule has 0 amide bonds. The smallest absolute Gasteiger partial charge is 0.550 e. The Hall–Kier alpha value is -1.19. The predicted octanol–water partition coefficient (Wildman–Crippen LogP) is -3.92. The van der Waals surface area contributed by atoms with Gasteiger partial charge < -0.3 is 25.3 Å². The van der Waals surface area contributed by atoms with Gasteiger partial charge in [-0.25, -0.2) is 0 Å². The van der Waals surface area contributed by atoms with Crippen molar-refractivity contribution in [2.24, 2.45) is 5.34 Å². The van der Waals surface area contributed by atoms with Crippen molar-refractivity contribution in [1.82, 2.24) is 0 Å². The molecule has 0 aliphatic rings. The molecular formula is C6H12NNaO8. The van der Waals surface area contributed by atoms with Crippen molar-refractivity contribution < 1.29 is 64.5 Å². The molecule has 0 radical (unpaired) electrons. The first-order valence-corrected chi connectivity index (χ1v) is 3.15. The van der Waals surface area contributed by atoms with E-state index in [1.807, 2.05) is 0 Å². The van der Waals surface area contributed by atoms with E-state index in [4.69, 9.17) is 39.8 Å². The fourth-order valence-electron chi connectivity index (χ4n) is 0. The van der Waals surface area contributed by atoms with Crippen molar-refractivity contribution in [2.75, 3.05) is 0 Å². The van der Waals surface area contributed by atoms with E-state index >= 15 is 0 Å². The molecule has 3 N–H and O–H groups in total. The van der Waals surface area contributed by atoms with Crippen molar-refractivity contribution in [3.8, 4) is 0 Å². The molecule has 0 spiro atoms. The number of aliphatic carboxylic acids is 3. The molecule has 0 bridgehead atoms. The van der Waals surface area contributed by atoms with Crippen molar-refractivity contribution in [1.29, 1.82) is 0 Å². The summed E-state index contributed by atoms with van der Waals surface area (Å²) in [7, 11) is 0. The number of hydrogen-bond donors (Lipinski definition) is 3. The van der Waals surface area contributed by atoms with E-state index in [0.717, 1.165) is 20.8 Å². The van der Waals surface area contributed by atoms with Crippen LogP contribution in [0.5, 0.6) is 0 Å². The van der Waals surface area contributed by atoms with Gasteiger partial charge in [0.25, 0.3) is 11.9 Å². The summed E-state index contributed by atoms with van der Waals surface area (Å²) >= 11 is 0. The van der Waals surface area contributed by atoms with Gasteiger partial charge in [-0.2, -0.15) is 0 Å². The Morgan fingerprint density at radius 1 is 1.00 bits per heavy atom. The summed E-state index contributed by atoms with van der Waals surface area (Å²) in [5.74, 6) is -2.75. The van der Waals surface area contributed by atoms with Crippen LogP contribution in [-0.2, 0) is 14.4 Å². The van der Waals surface area contributed by atoms with Gasteiger partial charge in [0.15, 0.2) is 5.34 Å². The second-order valence-corrected chi connectivity index (χ2v) is 1.61. The third-order valence-electron chi connectivity index (χ3n) is 0. The van der Waals surface area contributed by atoms with Crippen molar-refractivity contribution >= 4 is 17.9 Å². The number of rotatable bonds is 0. The summed E-state index contributed by atoms with van der Waals surface area (Å²) in [6.45, 7) is 3.14. The fourth-order valence-corrected chi connectivity index (χ4v) is 0. The first-order chi connectivity index (χ1) is 6.61. The zero-order chi connectivity index (χ0) is 13.4. The van der Waals surface area contributed by atoms with Gasteiger partial charge >= 0.3 is 29.6 Å². The minimum absolute atomic E-state index is 0. The number of carboxylic acid groups (broad SMARTS) is 3. The minimum Gasteiger partial charge on any atom is -0.550 e. The Morgan fingerprint density at radius 3 is 1.00 bits per heavy atom. The maximum atomic E-state index is 9.00. The molecule has 0 aromatic heterocycles. The summed E-state index contributed by atoms with van der Waals surface area (Å²) in [6.07, 6.45) is 0. The summed E-state index contributed by atoms with van der Waals surface area (Å²) in [6, 6.07) is 0. The largest absolute Gasteiger partial charge is 1.00 e. The summed E-state index contributed by atoms with van der Waals surface area (Å²) < 4.78 is 0. The van der Waals surface area contributed by atoms with Gasteiger partial charge in [0, 0.05) is 19.8 Å². The van der Waals surface area contributed by atoms with Gasteiger partial charge in [-0.05, 0) is 6.92 Å². The average molecular weight is 249 g/mol. The molecule has 16 heavy (non-hydrogen) atoms. The van der Waals surface area contributed by atoms with Gasteiger partial charge in [0.1, 0.15) is 0 Å². The molecule has 0 rings (SSSR count). The predicted molar refractivity (Wildman–Crippen MR) is 44.9 cm³/mol. The number of hydrogen-bond acceptors (Lipinski definition) is 6. The van der Waals surface area contributed by atoms with Crippen LogP contribution in [0.4, 0.5) is 0 Å². The number of carbonyl (C=O) groups excluding carboxylic acids is 1. The van der Waals surface area contributed by atoms with Crippen molar-refractivity contribution in [3.05, 3.63) is 4.91 Å². The molecule has 0 saturated heterocycles. The fraction of sp³-hybridized carbons (Fsp3) is 0.500. The Bertz CT molecular complexity index is 154. The van der Waals surface area contributed by atoms with Crippen LogP contribution < -0.4 is 34.7 Å². The molecule has 10 heteroatoms. The molecule has 0 aromatic carbocycles. The molecule has 0 heterocycles. The zero-order valence-electron chi connectivity index (χ0n) is 9.33. The number of carboxylic acids is 3. The van der Waals surface area contributed by atoms with Crippen LogP contribution in [0.25, 0.3) is 0 Å². The molecule has 0 fully saturated rings. The van der Waals surface area contributed by atoms with Gasteiger partial charge in [-0.3, -0.25) is 9.59 Å². The van der Waals surface area contributed by atoms with E-state index in [-0.39, 0.29) is 29.6 Å². The first-order valence-electron chi connectivity index (χ1n) is 3.15. The molecule has 0 aliphatic heterocycles. The van der Waals surface area contributed by atoms with Gasteiger partial charge in [0.05, 0.1) is 0 Å². The SMILES string of the molecule is CC(=O)O.CC(=O)O.CC(=O)[O-].O=NO.[Na+]. The van der Waals surface area contributed by atoms with Gasteiger partial charge in [-0.15, -0.1) is 4.91 Å². The maximum absolute atomic E-state index is 9.00. The summed E-state index contributed by atoms with van der Waals surface area (Å²) in [4.78, 5) is 35.0. The summed E-state index contributed by atoms with van der Waals surface area (Å²) in [5, 5.41) is 31.6. The minimum atomic E-state index is -1.08. The molecule has 0 atom stereocenters. The van der Waals surface area contributed by atoms with Crippen LogP contribution >= 0.6 is 0 Å². The third-order valence-corrected chi connectivity index (χ3v) is 0. The van der Waals surface area contributed by atoms with Crippen LogP contribution in [0.1, 0.15) is 20.8 Å². The van der Waals surface area contributed by atoms with Gasteiger partial charge in [-0.1, -0.05) is 0 Å². The van der Waals surface area contributed by atoms with E-state index < -0.39 is 17.9 Å². The zero-order valence-corrected chi connectivity index (χ0v) is 11.3. The molecule has 0 unspecified atom stereocenters. The van der Waals surface area contributed by atoms with E-state index in [1.165, 1.54) is 5.34 Å². The number of carbonyl (C=O) groups is 3. The number of nitrogens with zero attached hydrogens (tertiary/aromatic N) is 1. The second kappa shape index (κ2) is 29.2. The second-order valence-electron chi connectivity index (χ2n) is 1.61. The van der Waals surface area contributed by atoms with Gasteiger partial charge in [0.2, 0.25) is 0 Å². The molecular weight excluding hydrogens is 237 g/mol. The van der Waals surface area contributed by atoms with E-state index in [1.54, 1.807) is 0 Å². The van der Waals surface area contributed by atoms with Crippen molar-refractivity contribution in [3.63, 3.8) is 0 Å². The topological polar surface area (TPSA) is 164 Å². The molecule has 0 aliphatic carbocycles. The van der Waals surface area contributed by atoms with E-state index in [2.05, 4.69) is 0 Å². The molecule has 9 nitrogen and oxygen atoms in total. The first kappa shape index (κ1) is 29.3. The Morgan fingerprint density at radius 2 is 1.00 bits per heavy atom. The normalized spacial score (nSPS) is 5.44. The van der Waals surface area contributed by atoms with Crippen LogP contribution in [0.15, 0.2) is 5.34 Å². The Kier molecular flexibility index (Phi) is 53.6. The van der Waals surface area contributed by atoms with Crippen LogP contribution in [-0.4, -0.2) is 33.3 Å². The van der Waals surface area contributed by atoms with E-state index in [9.17, 15) is 0 Å². The standard InChI is InChI=1S/3C2H4O2.HNO2.Na/c3*1-2(3)4;2-1-3;/h3*1H3,(H,3,4);(H,2,3);/q;;;;+1/p-1. The monoisotopic (exact) mass is 249 g/mol. The molecule has 0 aromatic rings. The third kappa shape index (κ3) is 1260. The summed E-state index contributed by atoms with van der Waals surface area (Å²) in [5.41, 5.74) is 0. The molecule has 0 saturated carbocycles. The van der Waals surface area contributed by atoms with Crippen LogP contribution in [0.3, 0.4) is 0 Å². The maximum Gasteiger partial charge on any atom is 1.00 e. The Labute approximate surface area is 113 Å². The van der Waals surface area contributed by atoms with Crippen LogP contribution in [0, 0.1) is 4.91 Å². The Balaban J connectivity index is -0.0000000331. The average Bonchev–Trinajstić information content (AvgIpc) is 1.81. The molecule has 90 valence electrons.